The minimum atomic E-state index is -1.89. The van der Waals surface area contributed by atoms with E-state index in [9.17, 15) is 4.79 Å². The quantitative estimate of drug-likeness (QED) is 0.0936. The minimum Gasteiger partial charge on any atom is -0.452 e. The van der Waals surface area contributed by atoms with Crippen LogP contribution in [0.3, 0.4) is 0 Å². The maximum Gasteiger partial charge on any atom is 0.338 e. The summed E-state index contributed by atoms with van der Waals surface area (Å²) < 4.78 is 25.9. The van der Waals surface area contributed by atoms with E-state index in [1.807, 2.05) is 38.1 Å². The molecule has 0 saturated carbocycles. The Kier molecular flexibility index (Phi) is 10.4. The van der Waals surface area contributed by atoms with Crippen molar-refractivity contribution in [2.45, 2.75) is 103 Å². The molecule has 1 aliphatic rings. The number of halogens is 1. The molecule has 1 fully saturated rings. The predicted octanol–water partition coefficient (Wildman–Crippen LogP) is 7.16. The highest BCUT2D eigenvalue weighted by Gasteiger charge is 2.45. The number of carbonyl (C=O) groups is 1. The van der Waals surface area contributed by atoms with Crippen LogP contribution in [0.1, 0.15) is 65.2 Å². The summed E-state index contributed by atoms with van der Waals surface area (Å²) in [4.78, 5) is 12.9. The maximum absolute atomic E-state index is 12.9. The van der Waals surface area contributed by atoms with Gasteiger partial charge in [-0.3, -0.25) is 0 Å². The van der Waals surface area contributed by atoms with Gasteiger partial charge in [0, 0.05) is 10.5 Å². The zero-order valence-corrected chi connectivity index (χ0v) is 25.4. The molecule has 5 atom stereocenters. The highest BCUT2D eigenvalue weighted by molar-refractivity contribution is 14.1. The van der Waals surface area contributed by atoms with Gasteiger partial charge in [0.05, 0.1) is 11.7 Å². The van der Waals surface area contributed by atoms with E-state index in [-0.39, 0.29) is 35.2 Å². The van der Waals surface area contributed by atoms with E-state index in [2.05, 4.69) is 76.4 Å². The number of carbonyl (C=O) groups excluding carboxylic acids is 1. The molecule has 1 aromatic carbocycles. The van der Waals surface area contributed by atoms with Crippen molar-refractivity contribution in [1.82, 2.24) is 0 Å². The third-order valence-electron chi connectivity index (χ3n) is 6.82. The molecule has 1 heterocycles. The second-order valence-corrected chi connectivity index (χ2v) is 17.0. The molecular weight excluding hydrogens is 559 g/mol. The minimum absolute atomic E-state index is 0.0462. The SMILES string of the molecule is C[C@H](/C=C\C(OC(=O)c1ccccc1)[C@H]1OC(C)(C)OC1CCI)[C@@H](C)O[Si](C)(C)C(C)(C)C. The van der Waals surface area contributed by atoms with Gasteiger partial charge in [-0.15, -0.1) is 0 Å². The van der Waals surface area contributed by atoms with E-state index in [0.717, 1.165) is 10.8 Å². The first-order chi connectivity index (χ1) is 15.7. The van der Waals surface area contributed by atoms with Crippen molar-refractivity contribution < 1.29 is 23.4 Å². The third kappa shape index (κ3) is 8.15. The van der Waals surface area contributed by atoms with Crippen LogP contribution in [-0.4, -0.2) is 48.9 Å². The highest BCUT2D eigenvalue weighted by Crippen LogP contribution is 2.38. The summed E-state index contributed by atoms with van der Waals surface area (Å²) >= 11 is 2.34. The summed E-state index contributed by atoms with van der Waals surface area (Å²) in [6.45, 7) is 19.4. The first kappa shape index (κ1) is 29.5. The number of esters is 1. The number of ether oxygens (including phenoxy) is 3. The van der Waals surface area contributed by atoms with E-state index in [1.54, 1.807) is 12.1 Å². The van der Waals surface area contributed by atoms with Crippen LogP contribution < -0.4 is 0 Å². The molecule has 1 aliphatic heterocycles. The molecule has 7 heteroatoms. The third-order valence-corrected chi connectivity index (χ3v) is 12.0. The lowest BCUT2D eigenvalue weighted by Gasteiger charge is -2.39. The number of alkyl halides is 1. The van der Waals surface area contributed by atoms with Crippen molar-refractivity contribution in [2.24, 2.45) is 5.92 Å². The fraction of sp³-hybridized carbons (Fsp3) is 0.667. The Balaban J connectivity index is 2.24. The largest absolute Gasteiger partial charge is 0.452 e. The van der Waals surface area contributed by atoms with Gasteiger partial charge in [-0.1, -0.05) is 74.6 Å². The van der Waals surface area contributed by atoms with E-state index in [4.69, 9.17) is 18.6 Å². The van der Waals surface area contributed by atoms with Crippen molar-refractivity contribution >= 4 is 36.9 Å². The van der Waals surface area contributed by atoms with E-state index < -0.39 is 20.2 Å². The molecule has 0 aromatic heterocycles. The van der Waals surface area contributed by atoms with Crippen LogP contribution in [0.25, 0.3) is 0 Å². The standard InChI is InChI=1S/C27H43IO5Si/c1-19(20(2)33-34(8,9)26(3,4)5)15-16-22(30-25(29)21-13-11-10-12-14-21)24-23(17-18-28)31-27(6,7)32-24/h10-16,19-20,22-24H,17-18H2,1-9H3/b16-15-/t19-,20-,22?,23?,24-/m1/s1. The van der Waals surface area contributed by atoms with Crippen LogP contribution in [0.4, 0.5) is 0 Å². The van der Waals surface area contributed by atoms with Gasteiger partial charge in [0.2, 0.25) is 0 Å². The van der Waals surface area contributed by atoms with E-state index in [1.165, 1.54) is 0 Å². The fourth-order valence-corrected chi connectivity index (χ4v) is 5.76. The van der Waals surface area contributed by atoms with Gasteiger partial charge >= 0.3 is 5.97 Å². The molecular formula is C27H43IO5Si. The summed E-state index contributed by atoms with van der Waals surface area (Å²) in [5.74, 6) is -0.947. The molecule has 0 bridgehead atoms. The molecule has 2 unspecified atom stereocenters. The van der Waals surface area contributed by atoms with Crippen LogP contribution in [0.2, 0.25) is 18.1 Å². The molecule has 1 saturated heterocycles. The van der Waals surface area contributed by atoms with Gasteiger partial charge < -0.3 is 18.6 Å². The fourth-order valence-electron chi connectivity index (χ4n) is 3.64. The molecule has 192 valence electrons. The van der Waals surface area contributed by atoms with Gasteiger partial charge in [0.15, 0.2) is 14.1 Å². The van der Waals surface area contributed by atoms with Crippen molar-refractivity contribution in [1.29, 1.82) is 0 Å². The Morgan fingerprint density at radius 1 is 1.15 bits per heavy atom. The number of hydrogen-bond donors (Lipinski definition) is 0. The number of rotatable bonds is 10. The number of hydrogen-bond acceptors (Lipinski definition) is 5. The molecule has 2 rings (SSSR count). The molecule has 0 radical (unpaired) electrons. The zero-order chi connectivity index (χ0) is 25.7. The molecule has 0 aliphatic carbocycles. The second-order valence-electron chi connectivity index (χ2n) is 11.2. The summed E-state index contributed by atoms with van der Waals surface area (Å²) in [6, 6.07) is 9.08. The van der Waals surface area contributed by atoms with Gasteiger partial charge in [-0.2, -0.15) is 0 Å². The van der Waals surface area contributed by atoms with Crippen molar-refractivity contribution in [3.8, 4) is 0 Å². The summed E-state index contributed by atoms with van der Waals surface area (Å²) in [5.41, 5.74) is 0.521. The predicted molar refractivity (Wildman–Crippen MR) is 149 cm³/mol. The molecule has 0 N–H and O–H groups in total. The molecule has 1 aromatic rings. The Morgan fingerprint density at radius 2 is 1.76 bits per heavy atom. The zero-order valence-electron chi connectivity index (χ0n) is 22.3. The molecule has 5 nitrogen and oxygen atoms in total. The van der Waals surface area contributed by atoms with Crippen LogP contribution in [0.5, 0.6) is 0 Å². The second kappa shape index (κ2) is 12.0. The smallest absolute Gasteiger partial charge is 0.338 e. The van der Waals surface area contributed by atoms with Gasteiger partial charge in [-0.05, 0) is 69.5 Å². The van der Waals surface area contributed by atoms with Gasteiger partial charge in [-0.25, -0.2) is 4.79 Å². The molecule has 0 amide bonds. The van der Waals surface area contributed by atoms with Crippen molar-refractivity contribution in [3.05, 3.63) is 48.0 Å². The lowest BCUT2D eigenvalue weighted by Crippen LogP contribution is -2.44. The van der Waals surface area contributed by atoms with Gasteiger partial charge in [0.1, 0.15) is 12.2 Å². The average Bonchev–Trinajstić information content (AvgIpc) is 3.04. The summed E-state index contributed by atoms with van der Waals surface area (Å²) in [5, 5.41) is 0.145. The van der Waals surface area contributed by atoms with Crippen molar-refractivity contribution in [3.63, 3.8) is 0 Å². The molecule has 34 heavy (non-hydrogen) atoms. The Labute approximate surface area is 221 Å². The first-order valence-corrected chi connectivity index (χ1v) is 16.6. The van der Waals surface area contributed by atoms with Crippen molar-refractivity contribution in [2.75, 3.05) is 4.43 Å². The summed E-state index contributed by atoms with van der Waals surface area (Å²) in [6.07, 6.45) is 3.83. The summed E-state index contributed by atoms with van der Waals surface area (Å²) in [7, 11) is -1.89. The van der Waals surface area contributed by atoms with Gasteiger partial charge in [0.25, 0.3) is 0 Å². The normalized spacial score (nSPS) is 23.6. The monoisotopic (exact) mass is 602 g/mol. The van der Waals surface area contributed by atoms with Crippen LogP contribution in [0, 0.1) is 5.92 Å². The van der Waals surface area contributed by atoms with E-state index >= 15 is 0 Å². The Morgan fingerprint density at radius 3 is 2.32 bits per heavy atom. The molecule has 0 spiro atoms. The maximum atomic E-state index is 12.9. The van der Waals surface area contributed by atoms with Crippen LogP contribution in [0.15, 0.2) is 42.5 Å². The van der Waals surface area contributed by atoms with Crippen LogP contribution >= 0.6 is 22.6 Å². The lowest BCUT2D eigenvalue weighted by molar-refractivity contribution is -0.153. The lowest BCUT2D eigenvalue weighted by atomic mass is 10.0. The topological polar surface area (TPSA) is 54.0 Å². The first-order valence-electron chi connectivity index (χ1n) is 12.2. The average molecular weight is 603 g/mol. The Hall–Kier alpha value is -0.743. The Bertz CT molecular complexity index is 818. The highest BCUT2D eigenvalue weighted by atomic mass is 127. The number of benzene rings is 1. The van der Waals surface area contributed by atoms with E-state index in [0.29, 0.717) is 5.56 Å². The van der Waals surface area contributed by atoms with Crippen LogP contribution in [-0.2, 0) is 18.6 Å².